The van der Waals surface area contributed by atoms with Crippen LogP contribution in [0.25, 0.3) is 10.8 Å². The zero-order valence-corrected chi connectivity index (χ0v) is 17.3. The molecular formula is C25H20F2N2O3. The van der Waals surface area contributed by atoms with E-state index in [1.165, 1.54) is 10.6 Å². The number of rotatable bonds is 6. The van der Waals surface area contributed by atoms with Crippen LogP contribution in [0.2, 0.25) is 0 Å². The first-order valence-electron chi connectivity index (χ1n) is 10.2. The van der Waals surface area contributed by atoms with Gasteiger partial charge in [0.25, 0.3) is 5.56 Å². The number of H-pyrrole nitrogens is 1. The molecule has 0 spiro atoms. The molecule has 0 saturated carbocycles. The summed E-state index contributed by atoms with van der Waals surface area (Å²) in [5.41, 5.74) is 0.444. The Balaban J connectivity index is 1.82. The minimum Gasteiger partial charge on any atom is -0.292 e. The fourth-order valence-electron chi connectivity index (χ4n) is 3.92. The molecule has 0 atom stereocenters. The van der Waals surface area contributed by atoms with Gasteiger partial charge in [0.05, 0.1) is 6.54 Å². The van der Waals surface area contributed by atoms with Crippen molar-refractivity contribution in [2.45, 2.75) is 26.3 Å². The van der Waals surface area contributed by atoms with Crippen LogP contribution in [0.3, 0.4) is 0 Å². The molecule has 0 fully saturated rings. The summed E-state index contributed by atoms with van der Waals surface area (Å²) in [5.74, 6) is -2.78. The van der Waals surface area contributed by atoms with E-state index in [2.05, 4.69) is 4.98 Å². The first-order chi connectivity index (χ1) is 15.4. The van der Waals surface area contributed by atoms with Crippen molar-refractivity contribution in [3.63, 3.8) is 0 Å². The van der Waals surface area contributed by atoms with Crippen molar-refractivity contribution in [3.05, 3.63) is 116 Å². The van der Waals surface area contributed by atoms with Crippen LogP contribution in [0, 0.1) is 11.6 Å². The number of nitrogens with zero attached hydrogens (tertiary/aromatic N) is 1. The summed E-state index contributed by atoms with van der Waals surface area (Å²) in [5, 5.41) is 1.99. The van der Waals surface area contributed by atoms with Crippen molar-refractivity contribution in [3.8, 4) is 0 Å². The highest BCUT2D eigenvalue weighted by Gasteiger charge is 2.19. The highest BCUT2D eigenvalue weighted by atomic mass is 19.2. The number of benzene rings is 3. The second-order valence-corrected chi connectivity index (χ2v) is 7.49. The van der Waals surface area contributed by atoms with Crippen LogP contribution in [-0.2, 0) is 19.4 Å². The van der Waals surface area contributed by atoms with E-state index in [-0.39, 0.29) is 12.0 Å². The summed E-state index contributed by atoms with van der Waals surface area (Å²) in [4.78, 5) is 40.2. The number of halogens is 2. The quantitative estimate of drug-likeness (QED) is 0.466. The van der Waals surface area contributed by atoms with Gasteiger partial charge in [-0.2, -0.15) is 0 Å². The van der Waals surface area contributed by atoms with Crippen molar-refractivity contribution in [2.75, 3.05) is 0 Å². The summed E-state index contributed by atoms with van der Waals surface area (Å²) in [7, 11) is 0. The molecule has 4 rings (SSSR count). The number of carbonyl (C=O) groups is 1. The number of fused-ring (bicyclic) bond motifs is 1. The van der Waals surface area contributed by atoms with Crippen molar-refractivity contribution in [2.24, 2.45) is 0 Å². The average Bonchev–Trinajstić information content (AvgIpc) is 2.78. The lowest BCUT2D eigenvalue weighted by molar-refractivity contribution is 0.0968. The zero-order valence-electron chi connectivity index (χ0n) is 17.3. The monoisotopic (exact) mass is 434 g/mol. The van der Waals surface area contributed by atoms with Crippen molar-refractivity contribution in [1.82, 2.24) is 9.55 Å². The molecule has 1 N–H and O–H groups in total. The third kappa shape index (κ3) is 4.01. The number of aromatic amines is 1. The van der Waals surface area contributed by atoms with E-state index in [9.17, 15) is 23.2 Å². The Morgan fingerprint density at radius 2 is 1.72 bits per heavy atom. The lowest BCUT2D eigenvalue weighted by Gasteiger charge is -2.16. The third-order valence-electron chi connectivity index (χ3n) is 5.55. The average molecular weight is 434 g/mol. The molecule has 3 aromatic carbocycles. The second kappa shape index (κ2) is 8.70. The van der Waals surface area contributed by atoms with Gasteiger partial charge in [0.15, 0.2) is 17.4 Å². The van der Waals surface area contributed by atoms with Crippen LogP contribution in [0.15, 0.2) is 70.3 Å². The molecule has 1 heterocycles. The maximum absolute atomic E-state index is 13.6. The first kappa shape index (κ1) is 21.4. The standard InChI is InChI=1S/C25H20F2N2O3/c1-2-18-22(13-16-8-5-7-15-6-3-4-9-19(15)16)29(25(32)28-24(18)31)14-23(30)17-10-11-20(26)21(27)12-17/h3-12H,2,13-14H2,1H3,(H,28,31,32). The fraction of sp³-hybridized carbons (Fsp3) is 0.160. The predicted octanol–water partition coefficient (Wildman–Crippen LogP) is 4.00. The van der Waals surface area contributed by atoms with Gasteiger partial charge in [-0.1, -0.05) is 49.4 Å². The van der Waals surface area contributed by atoms with Crippen LogP contribution >= 0.6 is 0 Å². The van der Waals surface area contributed by atoms with Crippen LogP contribution < -0.4 is 11.2 Å². The molecule has 0 unspecified atom stereocenters. The van der Waals surface area contributed by atoms with E-state index in [1.54, 1.807) is 6.92 Å². The van der Waals surface area contributed by atoms with Crippen LogP contribution in [0.5, 0.6) is 0 Å². The van der Waals surface area contributed by atoms with Gasteiger partial charge in [-0.05, 0) is 41.0 Å². The summed E-state index contributed by atoms with van der Waals surface area (Å²) < 4.78 is 28.1. The number of aromatic nitrogens is 2. The van der Waals surface area contributed by atoms with Gasteiger partial charge in [0.2, 0.25) is 0 Å². The van der Waals surface area contributed by atoms with E-state index in [4.69, 9.17) is 0 Å². The molecule has 0 saturated heterocycles. The Kier molecular flexibility index (Phi) is 5.81. The smallest absolute Gasteiger partial charge is 0.292 e. The predicted molar refractivity (Wildman–Crippen MR) is 118 cm³/mol. The Hall–Kier alpha value is -3.87. The number of hydrogen-bond donors (Lipinski definition) is 1. The highest BCUT2D eigenvalue weighted by molar-refractivity contribution is 5.96. The van der Waals surface area contributed by atoms with Gasteiger partial charge in [-0.15, -0.1) is 0 Å². The lowest BCUT2D eigenvalue weighted by atomic mass is 9.98. The van der Waals surface area contributed by atoms with Gasteiger partial charge < -0.3 is 0 Å². The minimum atomic E-state index is -1.14. The molecular weight excluding hydrogens is 414 g/mol. The number of ketones is 1. The van der Waals surface area contributed by atoms with Gasteiger partial charge in [-0.3, -0.25) is 19.1 Å². The van der Waals surface area contributed by atoms with Crippen LogP contribution in [0.4, 0.5) is 8.78 Å². The molecule has 0 aliphatic rings. The second-order valence-electron chi connectivity index (χ2n) is 7.49. The molecule has 4 aromatic rings. The van der Waals surface area contributed by atoms with E-state index in [0.29, 0.717) is 17.7 Å². The maximum atomic E-state index is 13.6. The van der Waals surface area contributed by atoms with Gasteiger partial charge in [0, 0.05) is 23.2 Å². The van der Waals surface area contributed by atoms with Crippen LogP contribution in [-0.4, -0.2) is 15.3 Å². The number of hydrogen-bond acceptors (Lipinski definition) is 3. The maximum Gasteiger partial charge on any atom is 0.328 e. The molecule has 32 heavy (non-hydrogen) atoms. The van der Waals surface area contributed by atoms with Crippen molar-refractivity contribution >= 4 is 16.6 Å². The molecule has 0 bridgehead atoms. The molecule has 162 valence electrons. The summed E-state index contributed by atoms with van der Waals surface area (Å²) in [6.45, 7) is 1.39. The number of nitrogens with one attached hydrogen (secondary N) is 1. The van der Waals surface area contributed by atoms with Gasteiger partial charge in [0.1, 0.15) is 0 Å². The number of carbonyl (C=O) groups excluding carboxylic acids is 1. The van der Waals surface area contributed by atoms with E-state index >= 15 is 0 Å². The summed E-state index contributed by atoms with van der Waals surface area (Å²) >= 11 is 0. The van der Waals surface area contributed by atoms with Crippen molar-refractivity contribution in [1.29, 1.82) is 0 Å². The Labute approximate surface area is 182 Å². The SMILES string of the molecule is CCc1c(Cc2cccc3ccccc23)n(CC(=O)c2ccc(F)c(F)c2)c(=O)[nH]c1=O. The molecule has 0 radical (unpaired) electrons. The molecule has 0 aliphatic heterocycles. The van der Waals surface area contributed by atoms with Gasteiger partial charge in [-0.25, -0.2) is 13.6 Å². The topological polar surface area (TPSA) is 71.9 Å². The Bertz CT molecular complexity index is 1450. The third-order valence-corrected chi connectivity index (χ3v) is 5.55. The largest absolute Gasteiger partial charge is 0.328 e. The highest BCUT2D eigenvalue weighted by Crippen LogP contribution is 2.22. The summed E-state index contributed by atoms with van der Waals surface area (Å²) in [6.07, 6.45) is 0.615. The molecule has 1 aromatic heterocycles. The Morgan fingerprint density at radius 1 is 0.969 bits per heavy atom. The van der Waals surface area contributed by atoms with Crippen molar-refractivity contribution < 1.29 is 13.6 Å². The van der Waals surface area contributed by atoms with E-state index in [0.717, 1.165) is 28.5 Å². The first-order valence-corrected chi connectivity index (χ1v) is 10.2. The van der Waals surface area contributed by atoms with Gasteiger partial charge >= 0.3 is 5.69 Å². The molecule has 5 nitrogen and oxygen atoms in total. The normalized spacial score (nSPS) is 11.1. The molecule has 0 amide bonds. The van der Waals surface area contributed by atoms with E-state index in [1.807, 2.05) is 42.5 Å². The zero-order chi connectivity index (χ0) is 22.8. The fourth-order valence-corrected chi connectivity index (χ4v) is 3.92. The summed E-state index contributed by atoms with van der Waals surface area (Å²) in [6, 6.07) is 16.4. The minimum absolute atomic E-state index is 0.0591. The number of Topliss-reactive ketones (excluding diaryl/α,β-unsaturated/α-hetero) is 1. The van der Waals surface area contributed by atoms with E-state index < -0.39 is 35.2 Å². The molecule has 7 heteroatoms. The van der Waals surface area contributed by atoms with Crippen LogP contribution in [0.1, 0.15) is 34.1 Å². The lowest BCUT2D eigenvalue weighted by Crippen LogP contribution is -2.37. The molecule has 0 aliphatic carbocycles. The Morgan fingerprint density at radius 3 is 2.47 bits per heavy atom.